The smallest absolute Gasteiger partial charge is 0.330 e. The summed E-state index contributed by atoms with van der Waals surface area (Å²) in [5, 5.41) is 3.20. The van der Waals surface area contributed by atoms with Gasteiger partial charge in [-0.05, 0) is 37.6 Å². The van der Waals surface area contributed by atoms with E-state index in [-0.39, 0.29) is 5.97 Å². The second-order valence-electron chi connectivity index (χ2n) is 3.55. The van der Waals surface area contributed by atoms with Gasteiger partial charge in [-0.2, -0.15) is 0 Å². The Labute approximate surface area is 110 Å². The van der Waals surface area contributed by atoms with Gasteiger partial charge in [0.15, 0.2) is 0 Å². The van der Waals surface area contributed by atoms with E-state index in [1.165, 1.54) is 11.6 Å². The number of nitrogens with one attached hydrogen (secondary N) is 1. The lowest BCUT2D eigenvalue weighted by Gasteiger charge is -2.05. The second kappa shape index (κ2) is 7.12. The van der Waals surface area contributed by atoms with Crippen LogP contribution in [0.3, 0.4) is 0 Å². The van der Waals surface area contributed by atoms with Crippen molar-refractivity contribution in [3.63, 3.8) is 0 Å². The molecule has 1 aromatic carbocycles. The van der Waals surface area contributed by atoms with Gasteiger partial charge >= 0.3 is 5.97 Å². The van der Waals surface area contributed by atoms with Crippen LogP contribution < -0.4 is 5.32 Å². The van der Waals surface area contributed by atoms with Crippen molar-refractivity contribution in [1.82, 2.24) is 0 Å². The molecule has 0 aliphatic heterocycles. The Bertz CT molecular complexity index is 396. The second-order valence-corrected chi connectivity index (χ2v) is 4.47. The summed E-state index contributed by atoms with van der Waals surface area (Å²) in [6, 6.07) is 6.08. The summed E-state index contributed by atoms with van der Waals surface area (Å²) >= 11 is 3.43. The summed E-state index contributed by atoms with van der Waals surface area (Å²) in [6.45, 7) is 4.81. The molecule has 1 N–H and O–H groups in total. The van der Waals surface area contributed by atoms with Crippen LogP contribution in [0.2, 0.25) is 0 Å². The molecule has 0 aliphatic carbocycles. The molecule has 0 amide bonds. The number of aryl methyl sites for hydroxylation is 1. The number of halogens is 1. The number of carbonyl (C=O) groups is 1. The van der Waals surface area contributed by atoms with Crippen LogP contribution in [0.4, 0.5) is 5.69 Å². The Hall–Kier alpha value is -1.29. The predicted octanol–water partition coefficient (Wildman–Crippen LogP) is 3.29. The minimum atomic E-state index is -0.306. The molecule has 0 aliphatic rings. The van der Waals surface area contributed by atoms with E-state index in [1.54, 1.807) is 13.0 Å². The van der Waals surface area contributed by atoms with Gasteiger partial charge in [-0.3, -0.25) is 0 Å². The Morgan fingerprint density at radius 1 is 1.47 bits per heavy atom. The fraction of sp³-hybridized carbons (Fsp3) is 0.308. The maximum atomic E-state index is 11.0. The summed E-state index contributed by atoms with van der Waals surface area (Å²) in [6.07, 6.45) is 3.18. The third-order valence-corrected chi connectivity index (χ3v) is 2.46. The van der Waals surface area contributed by atoms with Crippen LogP contribution in [0, 0.1) is 6.92 Å². The highest BCUT2D eigenvalue weighted by Gasteiger charge is 1.95. The lowest BCUT2D eigenvalue weighted by Crippen LogP contribution is -2.02. The molecule has 0 spiro atoms. The average Bonchev–Trinajstić information content (AvgIpc) is 2.23. The highest BCUT2D eigenvalue weighted by molar-refractivity contribution is 9.10. The summed E-state index contributed by atoms with van der Waals surface area (Å²) in [5.41, 5.74) is 2.20. The number of rotatable bonds is 5. The molecular weight excluding hydrogens is 282 g/mol. The molecule has 0 saturated heterocycles. The van der Waals surface area contributed by atoms with Crippen LogP contribution in [-0.2, 0) is 9.53 Å². The van der Waals surface area contributed by atoms with Crippen molar-refractivity contribution in [3.05, 3.63) is 40.4 Å². The Morgan fingerprint density at radius 2 is 2.24 bits per heavy atom. The van der Waals surface area contributed by atoms with Crippen LogP contribution in [0.15, 0.2) is 34.8 Å². The fourth-order valence-electron chi connectivity index (χ4n) is 1.36. The van der Waals surface area contributed by atoms with Gasteiger partial charge in [0.2, 0.25) is 0 Å². The predicted molar refractivity (Wildman–Crippen MR) is 73.1 cm³/mol. The third kappa shape index (κ3) is 5.54. The molecular formula is C13H16BrNO2. The van der Waals surface area contributed by atoms with E-state index in [2.05, 4.69) is 21.2 Å². The molecule has 0 heterocycles. The first kappa shape index (κ1) is 13.8. The first-order valence-corrected chi connectivity index (χ1v) is 6.25. The van der Waals surface area contributed by atoms with Crippen molar-refractivity contribution in [2.75, 3.05) is 18.5 Å². The van der Waals surface area contributed by atoms with Crippen molar-refractivity contribution in [2.45, 2.75) is 13.8 Å². The molecule has 0 unspecified atom stereocenters. The van der Waals surface area contributed by atoms with Gasteiger partial charge in [0.05, 0.1) is 6.61 Å². The minimum absolute atomic E-state index is 0.306. The third-order valence-electron chi connectivity index (χ3n) is 2.01. The monoisotopic (exact) mass is 297 g/mol. The molecule has 0 atom stereocenters. The van der Waals surface area contributed by atoms with Gasteiger partial charge in [0.1, 0.15) is 0 Å². The van der Waals surface area contributed by atoms with Crippen LogP contribution in [-0.4, -0.2) is 19.1 Å². The molecule has 1 rings (SSSR count). The number of benzene rings is 1. The molecule has 3 nitrogen and oxygen atoms in total. The van der Waals surface area contributed by atoms with Crippen molar-refractivity contribution < 1.29 is 9.53 Å². The summed E-state index contributed by atoms with van der Waals surface area (Å²) in [4.78, 5) is 11.0. The minimum Gasteiger partial charge on any atom is -0.463 e. The zero-order chi connectivity index (χ0) is 12.7. The zero-order valence-corrected chi connectivity index (χ0v) is 11.6. The van der Waals surface area contributed by atoms with Crippen LogP contribution >= 0.6 is 15.9 Å². The number of hydrogen-bond acceptors (Lipinski definition) is 3. The van der Waals surface area contributed by atoms with Crippen LogP contribution in [0.5, 0.6) is 0 Å². The van der Waals surface area contributed by atoms with Gasteiger partial charge in [-0.1, -0.05) is 22.0 Å². The maximum Gasteiger partial charge on any atom is 0.330 e. The summed E-state index contributed by atoms with van der Waals surface area (Å²) < 4.78 is 5.81. The number of carbonyl (C=O) groups excluding carboxylic acids is 1. The number of esters is 1. The van der Waals surface area contributed by atoms with Crippen molar-refractivity contribution in [1.29, 1.82) is 0 Å². The lowest BCUT2D eigenvalue weighted by molar-refractivity contribution is -0.137. The van der Waals surface area contributed by atoms with E-state index in [0.29, 0.717) is 13.2 Å². The number of ether oxygens (including phenoxy) is 1. The molecule has 0 bridgehead atoms. The Morgan fingerprint density at radius 3 is 2.88 bits per heavy atom. The highest BCUT2D eigenvalue weighted by Crippen LogP contribution is 2.18. The van der Waals surface area contributed by atoms with Crippen LogP contribution in [0.25, 0.3) is 0 Å². The molecule has 4 heteroatoms. The van der Waals surface area contributed by atoms with Gasteiger partial charge in [-0.15, -0.1) is 0 Å². The quantitative estimate of drug-likeness (QED) is 0.669. The molecule has 0 radical (unpaired) electrons. The van der Waals surface area contributed by atoms with E-state index in [4.69, 9.17) is 4.74 Å². The van der Waals surface area contributed by atoms with Gasteiger partial charge < -0.3 is 10.1 Å². The highest BCUT2D eigenvalue weighted by atomic mass is 79.9. The SMILES string of the molecule is CCOC(=O)/C=C/CNc1cc(C)cc(Br)c1. The first-order valence-electron chi connectivity index (χ1n) is 5.46. The number of hydrogen-bond donors (Lipinski definition) is 1. The van der Waals surface area contributed by atoms with E-state index < -0.39 is 0 Å². The normalized spacial score (nSPS) is 10.5. The topological polar surface area (TPSA) is 38.3 Å². The van der Waals surface area contributed by atoms with Gasteiger partial charge in [0.25, 0.3) is 0 Å². The van der Waals surface area contributed by atoms with E-state index in [1.807, 2.05) is 25.1 Å². The van der Waals surface area contributed by atoms with Crippen molar-refractivity contribution in [2.24, 2.45) is 0 Å². The molecule has 92 valence electrons. The maximum absolute atomic E-state index is 11.0. The molecule has 0 aromatic heterocycles. The summed E-state index contributed by atoms with van der Waals surface area (Å²) in [5.74, 6) is -0.306. The Kier molecular flexibility index (Phi) is 5.77. The van der Waals surface area contributed by atoms with Gasteiger partial charge in [0, 0.05) is 22.8 Å². The molecule has 17 heavy (non-hydrogen) atoms. The fourth-order valence-corrected chi connectivity index (χ4v) is 1.97. The van der Waals surface area contributed by atoms with E-state index >= 15 is 0 Å². The largest absolute Gasteiger partial charge is 0.463 e. The molecule has 0 fully saturated rings. The summed E-state index contributed by atoms with van der Waals surface area (Å²) in [7, 11) is 0. The number of anilines is 1. The van der Waals surface area contributed by atoms with Crippen molar-refractivity contribution >= 4 is 27.6 Å². The van der Waals surface area contributed by atoms with E-state index in [0.717, 1.165) is 10.2 Å². The standard InChI is InChI=1S/C13H16BrNO2/c1-3-17-13(16)5-4-6-15-12-8-10(2)7-11(14)9-12/h4-5,7-9,15H,3,6H2,1-2H3/b5-4+. The molecule has 1 aromatic rings. The zero-order valence-electron chi connectivity index (χ0n) is 10.00. The van der Waals surface area contributed by atoms with Crippen LogP contribution in [0.1, 0.15) is 12.5 Å². The van der Waals surface area contributed by atoms with Crippen molar-refractivity contribution in [3.8, 4) is 0 Å². The Balaban J connectivity index is 2.43. The molecule has 0 saturated carbocycles. The lowest BCUT2D eigenvalue weighted by atomic mass is 10.2. The average molecular weight is 298 g/mol. The first-order chi connectivity index (χ1) is 8.11. The van der Waals surface area contributed by atoms with Gasteiger partial charge in [-0.25, -0.2) is 4.79 Å². The van der Waals surface area contributed by atoms with E-state index in [9.17, 15) is 4.79 Å².